The summed E-state index contributed by atoms with van der Waals surface area (Å²) in [7, 11) is 0. The van der Waals surface area contributed by atoms with Gasteiger partial charge in [0.05, 0.1) is 0 Å². The fourth-order valence-electron chi connectivity index (χ4n) is 3.60. The standard InChI is InChI=1S/C22H19N3O4/c1-14-17(11-18-21(28)25(13-20(26)27)22(29)23-18)16-9-5-6-10-19(16)24(14)12-15-7-3-2-4-8-15/h2-11H,12-13H2,1H3,(H,23,29)(H,26,27)/b18-11+. The normalized spacial score (nSPS) is 15.3. The largest absolute Gasteiger partial charge is 0.480 e. The molecule has 7 heteroatoms. The lowest BCUT2D eigenvalue weighted by atomic mass is 10.1. The van der Waals surface area contributed by atoms with E-state index >= 15 is 0 Å². The fourth-order valence-corrected chi connectivity index (χ4v) is 3.60. The summed E-state index contributed by atoms with van der Waals surface area (Å²) in [6, 6.07) is 17.2. The summed E-state index contributed by atoms with van der Waals surface area (Å²) in [6.45, 7) is 1.96. The van der Waals surface area contributed by atoms with Crippen LogP contribution in [0.4, 0.5) is 4.79 Å². The third-order valence-corrected chi connectivity index (χ3v) is 5.01. The molecule has 1 aromatic heterocycles. The second-order valence-corrected chi connectivity index (χ2v) is 6.86. The van der Waals surface area contributed by atoms with E-state index in [-0.39, 0.29) is 5.70 Å². The van der Waals surface area contributed by atoms with Crippen molar-refractivity contribution in [3.8, 4) is 0 Å². The number of imide groups is 1. The first-order valence-corrected chi connectivity index (χ1v) is 9.14. The number of carboxylic acids is 1. The molecule has 0 saturated carbocycles. The quantitative estimate of drug-likeness (QED) is 0.518. The Kier molecular flexibility index (Phi) is 4.64. The Morgan fingerprint density at radius 2 is 1.76 bits per heavy atom. The lowest BCUT2D eigenvalue weighted by molar-refractivity contribution is -0.140. The highest BCUT2D eigenvalue weighted by molar-refractivity contribution is 6.15. The number of urea groups is 1. The molecule has 0 bridgehead atoms. The number of carbonyl (C=O) groups is 3. The second-order valence-electron chi connectivity index (χ2n) is 6.86. The Labute approximate surface area is 166 Å². The molecular formula is C22H19N3O4. The lowest BCUT2D eigenvalue weighted by Gasteiger charge is -2.09. The molecule has 0 spiro atoms. The van der Waals surface area contributed by atoms with Crippen LogP contribution in [0.25, 0.3) is 17.0 Å². The van der Waals surface area contributed by atoms with E-state index in [0.717, 1.165) is 27.7 Å². The van der Waals surface area contributed by atoms with Crippen LogP contribution >= 0.6 is 0 Å². The SMILES string of the molecule is Cc1c(/C=C2/NC(=O)N(CC(=O)O)C2=O)c2ccccc2n1Cc1ccccc1. The zero-order chi connectivity index (χ0) is 20.5. The molecule has 1 saturated heterocycles. The summed E-state index contributed by atoms with van der Waals surface area (Å²) < 4.78 is 2.16. The van der Waals surface area contributed by atoms with Crippen molar-refractivity contribution < 1.29 is 19.5 Å². The van der Waals surface area contributed by atoms with Gasteiger partial charge in [0, 0.05) is 28.7 Å². The molecule has 29 heavy (non-hydrogen) atoms. The van der Waals surface area contributed by atoms with E-state index in [4.69, 9.17) is 5.11 Å². The Morgan fingerprint density at radius 1 is 1.07 bits per heavy atom. The predicted octanol–water partition coefficient (Wildman–Crippen LogP) is 2.98. The van der Waals surface area contributed by atoms with Gasteiger partial charge in [-0.1, -0.05) is 48.5 Å². The summed E-state index contributed by atoms with van der Waals surface area (Å²) in [4.78, 5) is 36.1. The average Bonchev–Trinajstić information content (AvgIpc) is 3.12. The summed E-state index contributed by atoms with van der Waals surface area (Å²) in [6.07, 6.45) is 1.63. The van der Waals surface area contributed by atoms with Crippen molar-refractivity contribution in [2.24, 2.45) is 0 Å². The number of nitrogens with zero attached hydrogens (tertiary/aromatic N) is 2. The summed E-state index contributed by atoms with van der Waals surface area (Å²) in [5, 5.41) is 12.4. The number of hydrogen-bond acceptors (Lipinski definition) is 3. The van der Waals surface area contributed by atoms with Gasteiger partial charge in [0.1, 0.15) is 12.2 Å². The maximum Gasteiger partial charge on any atom is 0.329 e. The maximum absolute atomic E-state index is 12.5. The van der Waals surface area contributed by atoms with Gasteiger partial charge in [-0.2, -0.15) is 0 Å². The zero-order valence-corrected chi connectivity index (χ0v) is 15.8. The molecule has 0 radical (unpaired) electrons. The number of hydrogen-bond donors (Lipinski definition) is 2. The van der Waals surface area contributed by atoms with Crippen molar-refractivity contribution in [3.05, 3.63) is 77.1 Å². The van der Waals surface area contributed by atoms with Gasteiger partial charge < -0.3 is 15.0 Å². The number of nitrogens with one attached hydrogen (secondary N) is 1. The molecule has 0 unspecified atom stereocenters. The minimum atomic E-state index is -1.25. The van der Waals surface area contributed by atoms with E-state index in [1.165, 1.54) is 0 Å². The lowest BCUT2D eigenvalue weighted by Crippen LogP contribution is -2.35. The molecule has 1 fully saturated rings. The van der Waals surface area contributed by atoms with E-state index in [0.29, 0.717) is 11.4 Å². The minimum Gasteiger partial charge on any atom is -0.480 e. The molecule has 2 N–H and O–H groups in total. The number of aromatic nitrogens is 1. The third kappa shape index (κ3) is 3.38. The van der Waals surface area contributed by atoms with E-state index in [1.54, 1.807) is 6.08 Å². The molecule has 1 aliphatic rings. The van der Waals surface area contributed by atoms with Crippen molar-refractivity contribution in [1.29, 1.82) is 0 Å². The van der Waals surface area contributed by atoms with Crippen molar-refractivity contribution in [2.75, 3.05) is 6.54 Å². The topological polar surface area (TPSA) is 91.6 Å². The number of carbonyl (C=O) groups excluding carboxylic acids is 2. The van der Waals surface area contributed by atoms with Crippen LogP contribution in [0.2, 0.25) is 0 Å². The molecule has 2 aromatic carbocycles. The summed E-state index contributed by atoms with van der Waals surface area (Å²) >= 11 is 0. The maximum atomic E-state index is 12.5. The number of amides is 3. The molecule has 1 aliphatic heterocycles. The fraction of sp³-hybridized carbons (Fsp3) is 0.136. The third-order valence-electron chi connectivity index (χ3n) is 5.01. The van der Waals surface area contributed by atoms with Gasteiger partial charge in [0.25, 0.3) is 5.91 Å². The van der Waals surface area contributed by atoms with Crippen LogP contribution in [0.3, 0.4) is 0 Å². The van der Waals surface area contributed by atoms with Crippen LogP contribution in [0.15, 0.2) is 60.3 Å². The number of rotatable bonds is 5. The zero-order valence-electron chi connectivity index (χ0n) is 15.8. The highest BCUT2D eigenvalue weighted by Crippen LogP contribution is 2.29. The van der Waals surface area contributed by atoms with Gasteiger partial charge in [-0.3, -0.25) is 9.59 Å². The van der Waals surface area contributed by atoms with E-state index in [1.807, 2.05) is 49.4 Å². The van der Waals surface area contributed by atoms with Crippen molar-refractivity contribution in [1.82, 2.24) is 14.8 Å². The van der Waals surface area contributed by atoms with E-state index < -0.39 is 24.5 Å². The number of carboxylic acid groups (broad SMARTS) is 1. The Bertz CT molecular complexity index is 1160. The van der Waals surface area contributed by atoms with Gasteiger partial charge in [0.2, 0.25) is 0 Å². The number of aliphatic carboxylic acids is 1. The first-order valence-electron chi connectivity index (χ1n) is 9.14. The van der Waals surface area contributed by atoms with Crippen LogP contribution in [-0.4, -0.2) is 39.0 Å². The monoisotopic (exact) mass is 389 g/mol. The number of para-hydroxylation sites is 1. The molecule has 7 nitrogen and oxygen atoms in total. The molecular weight excluding hydrogens is 370 g/mol. The Hall–Kier alpha value is -3.87. The number of benzene rings is 2. The second kappa shape index (κ2) is 7.27. The summed E-state index contributed by atoms with van der Waals surface area (Å²) in [5.74, 6) is -1.89. The van der Waals surface area contributed by atoms with Gasteiger partial charge >= 0.3 is 12.0 Å². The predicted molar refractivity (Wildman–Crippen MR) is 108 cm³/mol. The highest BCUT2D eigenvalue weighted by atomic mass is 16.4. The first-order chi connectivity index (χ1) is 14.0. The number of fused-ring (bicyclic) bond motifs is 1. The molecule has 0 aliphatic carbocycles. The van der Waals surface area contributed by atoms with Crippen molar-refractivity contribution in [3.63, 3.8) is 0 Å². The van der Waals surface area contributed by atoms with Crippen LogP contribution in [0.1, 0.15) is 16.8 Å². The molecule has 2 heterocycles. The van der Waals surface area contributed by atoms with Gasteiger partial charge in [-0.25, -0.2) is 9.69 Å². The van der Waals surface area contributed by atoms with Crippen LogP contribution < -0.4 is 5.32 Å². The summed E-state index contributed by atoms with van der Waals surface area (Å²) in [5.41, 5.74) is 3.99. The van der Waals surface area contributed by atoms with Crippen LogP contribution in [-0.2, 0) is 16.1 Å². The van der Waals surface area contributed by atoms with Crippen LogP contribution in [0.5, 0.6) is 0 Å². The minimum absolute atomic E-state index is 0.0713. The Balaban J connectivity index is 1.78. The first kappa shape index (κ1) is 18.5. The average molecular weight is 389 g/mol. The molecule has 3 aromatic rings. The molecule has 3 amide bonds. The highest BCUT2D eigenvalue weighted by Gasteiger charge is 2.35. The molecule has 0 atom stereocenters. The van der Waals surface area contributed by atoms with Crippen molar-refractivity contribution in [2.45, 2.75) is 13.5 Å². The van der Waals surface area contributed by atoms with Crippen LogP contribution in [0, 0.1) is 6.92 Å². The van der Waals surface area contributed by atoms with Crippen molar-refractivity contribution >= 4 is 34.9 Å². The van der Waals surface area contributed by atoms with E-state index in [9.17, 15) is 14.4 Å². The smallest absolute Gasteiger partial charge is 0.329 e. The van der Waals surface area contributed by atoms with E-state index in [2.05, 4.69) is 22.0 Å². The molecule has 146 valence electrons. The van der Waals surface area contributed by atoms with Gasteiger partial charge in [0.15, 0.2) is 0 Å². The Morgan fingerprint density at radius 3 is 2.48 bits per heavy atom. The van der Waals surface area contributed by atoms with Gasteiger partial charge in [-0.15, -0.1) is 0 Å². The van der Waals surface area contributed by atoms with Gasteiger partial charge in [-0.05, 0) is 24.6 Å². The molecule has 4 rings (SSSR count).